The van der Waals surface area contributed by atoms with Gasteiger partial charge in [-0.25, -0.2) is 4.79 Å². The topological polar surface area (TPSA) is 37.3 Å². The third-order valence-corrected chi connectivity index (χ3v) is 3.21. The number of carbonyl (C=O) groups is 1. The second-order valence-corrected chi connectivity index (χ2v) is 4.40. The first-order valence-electron chi connectivity index (χ1n) is 6.07. The lowest BCUT2D eigenvalue weighted by Crippen LogP contribution is -1.88. The monoisotopic (exact) mass is 248 g/mol. The second kappa shape index (κ2) is 4.58. The zero-order chi connectivity index (χ0) is 13.2. The van der Waals surface area contributed by atoms with Crippen LogP contribution < -0.4 is 0 Å². The van der Waals surface area contributed by atoms with Gasteiger partial charge in [0.1, 0.15) is 0 Å². The van der Waals surface area contributed by atoms with E-state index >= 15 is 0 Å². The number of hydrogen-bond donors (Lipinski definition) is 1. The fourth-order valence-electron chi connectivity index (χ4n) is 2.38. The molecule has 0 saturated heterocycles. The van der Waals surface area contributed by atoms with Crippen LogP contribution in [-0.4, -0.2) is 11.1 Å². The molecule has 0 heterocycles. The maximum Gasteiger partial charge on any atom is 0.328 e. The predicted molar refractivity (Wildman–Crippen MR) is 78.1 cm³/mol. The van der Waals surface area contributed by atoms with Crippen LogP contribution in [0.2, 0.25) is 0 Å². The molecule has 1 N–H and O–H groups in total. The highest BCUT2D eigenvalue weighted by atomic mass is 16.4. The van der Waals surface area contributed by atoms with Crippen molar-refractivity contribution in [2.24, 2.45) is 0 Å². The maximum atomic E-state index is 10.8. The van der Waals surface area contributed by atoms with E-state index in [-0.39, 0.29) is 0 Å². The number of rotatable bonds is 2. The summed E-state index contributed by atoms with van der Waals surface area (Å²) in [5.41, 5.74) is 0.955. The molecule has 0 atom stereocenters. The Kier molecular flexibility index (Phi) is 2.76. The summed E-state index contributed by atoms with van der Waals surface area (Å²) in [5.74, 6) is -0.933. The molecule has 0 aliphatic rings. The highest BCUT2D eigenvalue weighted by Gasteiger charge is 2.04. The number of carboxylic acid groups (broad SMARTS) is 1. The maximum absolute atomic E-state index is 10.8. The van der Waals surface area contributed by atoms with E-state index in [9.17, 15) is 4.79 Å². The molecule has 0 amide bonds. The SMILES string of the molecule is O=C(O)/C=C\c1c2ccccc2cc2ccccc12. The molecule has 0 aromatic heterocycles. The van der Waals surface area contributed by atoms with Crippen molar-refractivity contribution in [3.05, 3.63) is 66.2 Å². The van der Waals surface area contributed by atoms with E-state index in [2.05, 4.69) is 6.07 Å². The predicted octanol–water partition coefficient (Wildman–Crippen LogP) is 4.09. The Morgan fingerprint density at radius 2 is 1.42 bits per heavy atom. The fraction of sp³-hybridized carbons (Fsp3) is 0. The lowest BCUT2D eigenvalue weighted by atomic mass is 9.96. The van der Waals surface area contributed by atoms with Crippen LogP contribution in [0.4, 0.5) is 0 Å². The van der Waals surface area contributed by atoms with Gasteiger partial charge in [0.2, 0.25) is 0 Å². The molecule has 92 valence electrons. The number of aliphatic carboxylic acids is 1. The minimum atomic E-state index is -0.933. The van der Waals surface area contributed by atoms with Crippen LogP contribution in [0.15, 0.2) is 60.7 Å². The third kappa shape index (κ3) is 2.08. The smallest absolute Gasteiger partial charge is 0.328 e. The first kappa shape index (κ1) is 11.5. The standard InChI is InChI=1S/C17H12O2/c18-17(19)10-9-16-14-7-3-1-5-12(14)11-13-6-2-4-8-15(13)16/h1-11H,(H,18,19)/b10-9-. The van der Waals surface area contributed by atoms with Crippen LogP contribution >= 0.6 is 0 Å². The van der Waals surface area contributed by atoms with E-state index in [0.717, 1.165) is 27.1 Å². The molecule has 0 bridgehead atoms. The molecule has 2 heteroatoms. The Hall–Kier alpha value is -2.61. The van der Waals surface area contributed by atoms with Gasteiger partial charge in [-0.3, -0.25) is 0 Å². The Bertz CT molecular complexity index is 747. The molecule has 0 unspecified atom stereocenters. The van der Waals surface area contributed by atoms with Crippen molar-refractivity contribution in [1.82, 2.24) is 0 Å². The van der Waals surface area contributed by atoms with Gasteiger partial charge in [-0.2, -0.15) is 0 Å². The molecule has 0 aliphatic carbocycles. The quantitative estimate of drug-likeness (QED) is 0.548. The van der Waals surface area contributed by atoms with Gasteiger partial charge in [-0.05, 0) is 39.3 Å². The number of fused-ring (bicyclic) bond motifs is 2. The van der Waals surface area contributed by atoms with Gasteiger partial charge < -0.3 is 5.11 Å². The average Bonchev–Trinajstić information content (AvgIpc) is 2.43. The van der Waals surface area contributed by atoms with Gasteiger partial charge in [-0.1, -0.05) is 48.5 Å². The van der Waals surface area contributed by atoms with Crippen molar-refractivity contribution in [2.45, 2.75) is 0 Å². The number of carboxylic acids is 1. The first-order valence-corrected chi connectivity index (χ1v) is 6.07. The summed E-state index contributed by atoms with van der Waals surface area (Å²) in [5, 5.41) is 13.2. The van der Waals surface area contributed by atoms with Crippen LogP contribution in [0.5, 0.6) is 0 Å². The third-order valence-electron chi connectivity index (χ3n) is 3.21. The fourth-order valence-corrected chi connectivity index (χ4v) is 2.38. The van der Waals surface area contributed by atoms with E-state index in [4.69, 9.17) is 5.11 Å². The Labute approximate surface area is 110 Å². The molecule has 0 radical (unpaired) electrons. The summed E-state index contributed by atoms with van der Waals surface area (Å²) < 4.78 is 0. The van der Waals surface area contributed by atoms with Gasteiger partial charge in [0.15, 0.2) is 0 Å². The van der Waals surface area contributed by atoms with Crippen LogP contribution in [0, 0.1) is 0 Å². The molecule has 0 fully saturated rings. The molecular formula is C17H12O2. The number of hydrogen-bond acceptors (Lipinski definition) is 1. The summed E-state index contributed by atoms with van der Waals surface area (Å²) in [6, 6.07) is 18.2. The molecule has 19 heavy (non-hydrogen) atoms. The molecule has 3 rings (SSSR count). The first-order chi connectivity index (χ1) is 9.25. The highest BCUT2D eigenvalue weighted by Crippen LogP contribution is 2.29. The lowest BCUT2D eigenvalue weighted by molar-refractivity contribution is -0.131. The van der Waals surface area contributed by atoms with Crippen molar-refractivity contribution in [3.63, 3.8) is 0 Å². The van der Waals surface area contributed by atoms with Crippen molar-refractivity contribution in [2.75, 3.05) is 0 Å². The van der Waals surface area contributed by atoms with E-state index in [0.29, 0.717) is 0 Å². The summed E-state index contributed by atoms with van der Waals surface area (Å²) in [4.78, 5) is 10.8. The summed E-state index contributed by atoms with van der Waals surface area (Å²) in [7, 11) is 0. The van der Waals surface area contributed by atoms with Gasteiger partial charge >= 0.3 is 5.97 Å². The molecule has 3 aromatic rings. The largest absolute Gasteiger partial charge is 0.478 e. The number of benzene rings is 3. The van der Waals surface area contributed by atoms with Gasteiger partial charge in [-0.15, -0.1) is 0 Å². The summed E-state index contributed by atoms with van der Waals surface area (Å²) >= 11 is 0. The van der Waals surface area contributed by atoms with Crippen molar-refractivity contribution >= 4 is 33.6 Å². The van der Waals surface area contributed by atoms with Crippen LogP contribution in [0.3, 0.4) is 0 Å². The van der Waals surface area contributed by atoms with Crippen molar-refractivity contribution < 1.29 is 9.90 Å². The molecular weight excluding hydrogens is 236 g/mol. The van der Waals surface area contributed by atoms with E-state index in [1.807, 2.05) is 48.5 Å². The Balaban J connectivity index is 2.42. The van der Waals surface area contributed by atoms with Crippen molar-refractivity contribution in [1.29, 1.82) is 0 Å². The van der Waals surface area contributed by atoms with Crippen LogP contribution in [-0.2, 0) is 4.79 Å². The molecule has 0 spiro atoms. The minimum absolute atomic E-state index is 0.933. The van der Waals surface area contributed by atoms with Gasteiger partial charge in [0.25, 0.3) is 0 Å². The average molecular weight is 248 g/mol. The van der Waals surface area contributed by atoms with Gasteiger partial charge in [0, 0.05) is 6.08 Å². The molecule has 3 aromatic carbocycles. The molecule has 0 aliphatic heterocycles. The second-order valence-electron chi connectivity index (χ2n) is 4.40. The summed E-state index contributed by atoms with van der Waals surface area (Å²) in [6.07, 6.45) is 2.86. The Morgan fingerprint density at radius 1 is 0.895 bits per heavy atom. The van der Waals surface area contributed by atoms with E-state index in [1.165, 1.54) is 6.08 Å². The van der Waals surface area contributed by atoms with Crippen LogP contribution in [0.25, 0.3) is 27.6 Å². The van der Waals surface area contributed by atoms with Gasteiger partial charge in [0.05, 0.1) is 0 Å². The summed E-state index contributed by atoms with van der Waals surface area (Å²) in [6.45, 7) is 0. The zero-order valence-electron chi connectivity index (χ0n) is 10.2. The molecule has 2 nitrogen and oxygen atoms in total. The Morgan fingerprint density at radius 3 is 1.95 bits per heavy atom. The van der Waals surface area contributed by atoms with E-state index < -0.39 is 5.97 Å². The zero-order valence-corrected chi connectivity index (χ0v) is 10.2. The highest BCUT2D eigenvalue weighted by molar-refractivity contribution is 6.07. The normalized spacial score (nSPS) is 11.4. The van der Waals surface area contributed by atoms with Crippen LogP contribution in [0.1, 0.15) is 5.56 Å². The lowest BCUT2D eigenvalue weighted by Gasteiger charge is -2.07. The van der Waals surface area contributed by atoms with E-state index in [1.54, 1.807) is 6.08 Å². The van der Waals surface area contributed by atoms with Crippen molar-refractivity contribution in [3.8, 4) is 0 Å². The minimum Gasteiger partial charge on any atom is -0.478 e. The molecule has 0 saturated carbocycles.